The van der Waals surface area contributed by atoms with Crippen molar-refractivity contribution in [2.45, 2.75) is 64.2 Å². The summed E-state index contributed by atoms with van der Waals surface area (Å²) in [5.41, 5.74) is -0.833. The van der Waals surface area contributed by atoms with E-state index in [-0.39, 0.29) is 17.7 Å². The van der Waals surface area contributed by atoms with Gasteiger partial charge in [-0.05, 0) is 56.3 Å². The van der Waals surface area contributed by atoms with Gasteiger partial charge >= 0.3 is 5.97 Å². The second kappa shape index (κ2) is 6.55. The lowest BCUT2D eigenvalue weighted by Gasteiger charge is -2.37. The van der Waals surface area contributed by atoms with Crippen LogP contribution in [0.25, 0.3) is 0 Å². The van der Waals surface area contributed by atoms with Gasteiger partial charge in [0.2, 0.25) is 0 Å². The normalized spacial score (nSPS) is 40.4. The monoisotopic (exact) mass is 304 g/mol. The van der Waals surface area contributed by atoms with E-state index in [1.807, 2.05) is 0 Å². The van der Waals surface area contributed by atoms with Crippen molar-refractivity contribution in [1.82, 2.24) is 0 Å². The molecule has 4 atom stereocenters. The van der Waals surface area contributed by atoms with Crippen LogP contribution in [-0.4, -0.2) is 18.9 Å². The number of fused-ring (bicyclic) bond motifs is 3. The number of rotatable bonds is 1. The Balaban J connectivity index is 1.94. The van der Waals surface area contributed by atoms with E-state index in [9.17, 15) is 9.59 Å². The molecule has 0 spiro atoms. The molecular weight excluding hydrogens is 276 g/mol. The Hall–Kier alpha value is -1.12. The second-order valence-electron chi connectivity index (χ2n) is 7.34. The summed E-state index contributed by atoms with van der Waals surface area (Å²) in [7, 11) is 1.43. The van der Waals surface area contributed by atoms with E-state index >= 15 is 0 Å². The number of carbonyl (C=O) groups is 2. The molecule has 3 rings (SSSR count). The molecule has 3 aliphatic carbocycles. The van der Waals surface area contributed by atoms with Gasteiger partial charge in [-0.3, -0.25) is 9.59 Å². The summed E-state index contributed by atoms with van der Waals surface area (Å²) in [4.78, 5) is 25.3. The van der Waals surface area contributed by atoms with Gasteiger partial charge in [-0.2, -0.15) is 0 Å². The smallest absolute Gasteiger partial charge is 0.319 e. The molecule has 0 aromatic rings. The number of Topliss-reactive ketones (excluding diaryl/α,β-unsaturated/α-hetero) is 1. The molecule has 0 aliphatic heterocycles. The van der Waals surface area contributed by atoms with Gasteiger partial charge in [0.05, 0.1) is 7.11 Å². The lowest BCUT2D eigenvalue weighted by atomic mass is 9.65. The zero-order chi connectivity index (χ0) is 15.6. The first-order chi connectivity index (χ1) is 10.7. The first kappa shape index (κ1) is 15.8. The predicted octanol–water partition coefficient (Wildman–Crippen LogP) is 4.06. The maximum Gasteiger partial charge on any atom is 0.319 e. The molecule has 3 aliphatic rings. The lowest BCUT2D eigenvalue weighted by molar-refractivity contribution is -0.163. The first-order valence-electron chi connectivity index (χ1n) is 8.98. The Bertz CT molecular complexity index is 457. The highest BCUT2D eigenvalue weighted by Gasteiger charge is 2.62. The van der Waals surface area contributed by atoms with Gasteiger partial charge < -0.3 is 4.74 Å². The molecule has 2 saturated carbocycles. The van der Waals surface area contributed by atoms with E-state index in [1.165, 1.54) is 32.8 Å². The number of methoxy groups -OCH3 is 1. The lowest BCUT2D eigenvalue weighted by Crippen LogP contribution is -2.47. The number of ether oxygens (including phenoxy) is 1. The van der Waals surface area contributed by atoms with Crippen LogP contribution in [0.15, 0.2) is 12.2 Å². The third-order valence-corrected chi connectivity index (χ3v) is 6.27. The van der Waals surface area contributed by atoms with Crippen LogP contribution >= 0.6 is 0 Å². The minimum absolute atomic E-state index is 0.145. The number of allylic oxidation sites excluding steroid dienone is 2. The molecule has 0 N–H and O–H groups in total. The van der Waals surface area contributed by atoms with Crippen molar-refractivity contribution in [1.29, 1.82) is 0 Å². The molecule has 122 valence electrons. The van der Waals surface area contributed by atoms with Gasteiger partial charge in [0.25, 0.3) is 0 Å². The number of hydrogen-bond donors (Lipinski definition) is 0. The van der Waals surface area contributed by atoms with Crippen LogP contribution in [0.1, 0.15) is 64.2 Å². The van der Waals surface area contributed by atoms with Crippen LogP contribution in [0.4, 0.5) is 0 Å². The maximum atomic E-state index is 12.7. The van der Waals surface area contributed by atoms with Crippen molar-refractivity contribution in [3.63, 3.8) is 0 Å². The van der Waals surface area contributed by atoms with Gasteiger partial charge in [-0.25, -0.2) is 0 Å². The summed E-state index contributed by atoms with van der Waals surface area (Å²) in [6, 6.07) is 0. The second-order valence-corrected chi connectivity index (χ2v) is 7.34. The Labute approximate surface area is 133 Å². The molecule has 0 bridgehead atoms. The fourth-order valence-electron chi connectivity index (χ4n) is 5.25. The summed E-state index contributed by atoms with van der Waals surface area (Å²) in [6.45, 7) is 0. The minimum Gasteiger partial charge on any atom is -0.468 e. The van der Waals surface area contributed by atoms with E-state index < -0.39 is 5.41 Å². The summed E-state index contributed by atoms with van der Waals surface area (Å²) in [5, 5.41) is 0. The molecule has 0 heterocycles. The van der Waals surface area contributed by atoms with Gasteiger partial charge in [-0.15, -0.1) is 0 Å². The number of hydrogen-bond acceptors (Lipinski definition) is 3. The zero-order valence-electron chi connectivity index (χ0n) is 13.7. The quantitative estimate of drug-likeness (QED) is 0.417. The summed E-state index contributed by atoms with van der Waals surface area (Å²) in [6.07, 6.45) is 15.1. The van der Waals surface area contributed by atoms with Crippen molar-refractivity contribution >= 4 is 11.8 Å². The van der Waals surface area contributed by atoms with Crippen molar-refractivity contribution in [3.8, 4) is 0 Å². The topological polar surface area (TPSA) is 43.4 Å². The van der Waals surface area contributed by atoms with Crippen molar-refractivity contribution in [3.05, 3.63) is 12.2 Å². The van der Waals surface area contributed by atoms with Crippen LogP contribution < -0.4 is 0 Å². The van der Waals surface area contributed by atoms with Crippen LogP contribution in [0.3, 0.4) is 0 Å². The number of ketones is 1. The Morgan fingerprint density at radius 2 is 2.00 bits per heavy atom. The Morgan fingerprint density at radius 1 is 1.18 bits per heavy atom. The SMILES string of the molecule is COC(=O)[C@]12C[C@H]3/C=C/CCCCCC[C@H]3[C@@H]1CCCC2=O. The van der Waals surface area contributed by atoms with Gasteiger partial charge in [0, 0.05) is 6.42 Å². The maximum absolute atomic E-state index is 12.7. The van der Waals surface area contributed by atoms with Crippen molar-refractivity contribution < 1.29 is 14.3 Å². The molecule has 22 heavy (non-hydrogen) atoms. The summed E-state index contributed by atoms with van der Waals surface area (Å²) < 4.78 is 5.10. The van der Waals surface area contributed by atoms with Crippen molar-refractivity contribution in [2.24, 2.45) is 23.2 Å². The van der Waals surface area contributed by atoms with Crippen LogP contribution in [0.5, 0.6) is 0 Å². The average molecular weight is 304 g/mol. The van der Waals surface area contributed by atoms with Crippen LogP contribution in [-0.2, 0) is 14.3 Å². The zero-order valence-corrected chi connectivity index (χ0v) is 13.7. The highest BCUT2D eigenvalue weighted by Crippen LogP contribution is 2.58. The Morgan fingerprint density at radius 3 is 2.82 bits per heavy atom. The minimum atomic E-state index is -0.833. The molecule has 0 aromatic heterocycles. The largest absolute Gasteiger partial charge is 0.468 e. The molecule has 0 unspecified atom stereocenters. The third kappa shape index (κ3) is 2.53. The first-order valence-corrected chi connectivity index (χ1v) is 8.98. The highest BCUT2D eigenvalue weighted by atomic mass is 16.5. The van der Waals surface area contributed by atoms with E-state index in [4.69, 9.17) is 4.74 Å². The number of carbonyl (C=O) groups excluding carboxylic acids is 2. The molecule has 0 radical (unpaired) electrons. The van der Waals surface area contributed by atoms with E-state index in [1.54, 1.807) is 0 Å². The summed E-state index contributed by atoms with van der Waals surface area (Å²) >= 11 is 0. The van der Waals surface area contributed by atoms with Crippen LogP contribution in [0.2, 0.25) is 0 Å². The van der Waals surface area contributed by atoms with Gasteiger partial charge in [0.1, 0.15) is 5.41 Å². The van der Waals surface area contributed by atoms with E-state index in [2.05, 4.69) is 12.2 Å². The fourth-order valence-corrected chi connectivity index (χ4v) is 5.25. The standard InChI is InChI=1S/C19H28O3/c1-22-18(21)19-13-14-9-6-4-2-3-5-7-10-15(14)16(19)11-8-12-17(19)20/h6,9,14-16H,2-5,7-8,10-13H2,1H3/b9-6+/t14-,15-,16+,19-/m1/s1. The van der Waals surface area contributed by atoms with Gasteiger partial charge in [-0.1, -0.05) is 31.4 Å². The molecule has 0 amide bonds. The Kier molecular flexibility index (Phi) is 4.70. The average Bonchev–Trinajstić information content (AvgIpc) is 2.86. The highest BCUT2D eigenvalue weighted by molar-refractivity contribution is 6.05. The predicted molar refractivity (Wildman–Crippen MR) is 85.2 cm³/mol. The van der Waals surface area contributed by atoms with E-state index in [0.29, 0.717) is 24.7 Å². The van der Waals surface area contributed by atoms with Gasteiger partial charge in [0.15, 0.2) is 5.78 Å². The molecule has 3 nitrogen and oxygen atoms in total. The summed E-state index contributed by atoms with van der Waals surface area (Å²) in [5.74, 6) is 0.946. The molecule has 0 saturated heterocycles. The van der Waals surface area contributed by atoms with Crippen molar-refractivity contribution in [2.75, 3.05) is 7.11 Å². The number of esters is 1. The fraction of sp³-hybridized carbons (Fsp3) is 0.789. The molecule has 3 heteroatoms. The molecular formula is C19H28O3. The molecule has 0 aromatic carbocycles. The van der Waals surface area contributed by atoms with Crippen LogP contribution in [0, 0.1) is 23.2 Å². The third-order valence-electron chi connectivity index (χ3n) is 6.27. The van der Waals surface area contributed by atoms with E-state index in [0.717, 1.165) is 25.7 Å². The molecule has 2 fully saturated rings.